The Morgan fingerprint density at radius 1 is 0.792 bits per heavy atom. The van der Waals surface area contributed by atoms with Gasteiger partial charge < -0.3 is 14.3 Å². The van der Waals surface area contributed by atoms with Crippen molar-refractivity contribution < 1.29 is 14.3 Å². The summed E-state index contributed by atoms with van der Waals surface area (Å²) in [6.45, 7) is -1.35. The molecule has 0 spiro atoms. The highest BCUT2D eigenvalue weighted by Crippen LogP contribution is 2.37. The molecule has 0 bridgehead atoms. The molecule has 1 aromatic rings. The van der Waals surface area contributed by atoms with Crippen molar-refractivity contribution in [1.82, 2.24) is 0 Å². The summed E-state index contributed by atoms with van der Waals surface area (Å²) in [7, 11) is 0. The summed E-state index contributed by atoms with van der Waals surface area (Å²) in [5.41, 5.74) is 1.25. The summed E-state index contributed by atoms with van der Waals surface area (Å²) in [4.78, 5) is 18.2. The van der Waals surface area contributed by atoms with Crippen molar-refractivity contribution in [3.8, 4) is 5.75 Å². The van der Waals surface area contributed by atoms with Gasteiger partial charge in [-0.2, -0.15) is 0 Å². The van der Waals surface area contributed by atoms with Crippen molar-refractivity contribution in [2.24, 2.45) is 0 Å². The van der Waals surface area contributed by atoms with Crippen LogP contribution in [0.4, 0.5) is 0 Å². The average molecular weight is 373 g/mol. The monoisotopic (exact) mass is 372 g/mol. The molecule has 0 saturated carbocycles. The fraction of sp³-hybridized carbons (Fsp3) is 0.684. The number of hydrogen-bond acceptors (Lipinski definition) is 2. The predicted molar refractivity (Wildman–Crippen MR) is 106 cm³/mol. The molecule has 3 nitrogen and oxygen atoms in total. The second kappa shape index (κ2) is 12.9. The minimum Gasteiger partial charge on any atom is -0.424 e. The van der Waals surface area contributed by atoms with Crippen LogP contribution in [0.5, 0.6) is 5.75 Å². The zero-order valence-corrected chi connectivity index (χ0v) is 16.7. The van der Waals surface area contributed by atoms with Crippen LogP contribution in [0, 0.1) is 0 Å². The molecule has 0 atom stereocenters. The molecule has 2 N–H and O–H groups in total. The predicted octanol–water partition coefficient (Wildman–Crippen LogP) is 6.13. The summed E-state index contributed by atoms with van der Waals surface area (Å²) in [6, 6.07) is 7.44. The van der Waals surface area contributed by atoms with Gasteiger partial charge in [-0.3, -0.25) is 0 Å². The summed E-state index contributed by atoms with van der Waals surface area (Å²) in [5.74, 6) is 0.422. The van der Waals surface area contributed by atoms with Gasteiger partial charge in [-0.25, -0.2) is 0 Å². The SMILES string of the molecule is CCCCCCCCCCCCCc1ccc(OP(O)(O)=S)cc1. The lowest BCUT2D eigenvalue weighted by atomic mass is 10.0. The highest BCUT2D eigenvalue weighted by atomic mass is 32.5. The molecule has 0 heterocycles. The van der Waals surface area contributed by atoms with E-state index in [4.69, 9.17) is 14.3 Å². The van der Waals surface area contributed by atoms with Crippen molar-refractivity contribution in [3.63, 3.8) is 0 Å². The van der Waals surface area contributed by atoms with Gasteiger partial charge in [0.2, 0.25) is 0 Å². The smallest absolute Gasteiger partial charge is 0.375 e. The highest BCUT2D eigenvalue weighted by molar-refractivity contribution is 8.06. The van der Waals surface area contributed by atoms with Crippen LogP contribution in [-0.4, -0.2) is 9.79 Å². The minimum atomic E-state index is -3.62. The molecule has 5 heteroatoms. The Labute approximate surface area is 152 Å². The van der Waals surface area contributed by atoms with Gasteiger partial charge in [-0.1, -0.05) is 83.3 Å². The van der Waals surface area contributed by atoms with Crippen LogP contribution in [-0.2, 0) is 18.2 Å². The van der Waals surface area contributed by atoms with E-state index in [9.17, 15) is 0 Å². The maximum absolute atomic E-state index is 9.12. The van der Waals surface area contributed by atoms with E-state index < -0.39 is 6.72 Å². The normalized spacial score (nSPS) is 11.6. The van der Waals surface area contributed by atoms with Crippen LogP contribution in [0.15, 0.2) is 24.3 Å². The first-order valence-corrected chi connectivity index (χ1v) is 12.0. The first kappa shape index (κ1) is 21.6. The molecule has 0 unspecified atom stereocenters. The third-order valence-electron chi connectivity index (χ3n) is 4.22. The second-order valence-electron chi connectivity index (χ2n) is 6.51. The van der Waals surface area contributed by atoms with E-state index in [2.05, 4.69) is 18.7 Å². The molecule has 0 aromatic heterocycles. The van der Waals surface area contributed by atoms with Gasteiger partial charge in [-0.05, 0) is 30.5 Å². The maximum atomic E-state index is 9.12. The van der Waals surface area contributed by atoms with Crippen LogP contribution in [0.25, 0.3) is 0 Å². The molecule has 24 heavy (non-hydrogen) atoms. The van der Waals surface area contributed by atoms with Gasteiger partial charge in [-0.15, -0.1) is 0 Å². The molecule has 0 saturated heterocycles. The molecule has 1 aromatic carbocycles. The second-order valence-corrected chi connectivity index (χ2v) is 9.10. The van der Waals surface area contributed by atoms with Crippen molar-refractivity contribution in [3.05, 3.63) is 29.8 Å². The summed E-state index contributed by atoms with van der Waals surface area (Å²) >= 11 is 4.46. The lowest BCUT2D eigenvalue weighted by molar-refractivity contribution is 0.370. The van der Waals surface area contributed by atoms with Crippen LogP contribution < -0.4 is 4.52 Å². The number of rotatable bonds is 14. The Balaban J connectivity index is 2.00. The molecule has 138 valence electrons. The Bertz CT molecular complexity index is 470. The van der Waals surface area contributed by atoms with Crippen LogP contribution in [0.1, 0.15) is 83.1 Å². The molecule has 0 aliphatic heterocycles. The van der Waals surface area contributed by atoms with Gasteiger partial charge in [0.25, 0.3) is 0 Å². The minimum absolute atomic E-state index is 0.422. The number of unbranched alkanes of at least 4 members (excludes halogenated alkanes) is 10. The van der Waals surface area contributed by atoms with Crippen molar-refractivity contribution in [2.45, 2.75) is 84.0 Å². The third-order valence-corrected chi connectivity index (χ3v) is 4.89. The highest BCUT2D eigenvalue weighted by Gasteiger charge is 2.09. The fourth-order valence-corrected chi connectivity index (χ4v) is 3.50. The zero-order valence-electron chi connectivity index (χ0n) is 15.0. The molecule has 0 aliphatic carbocycles. The third kappa shape index (κ3) is 12.0. The lowest BCUT2D eigenvalue weighted by Gasteiger charge is -2.10. The van der Waals surface area contributed by atoms with E-state index in [0.717, 1.165) is 6.42 Å². The van der Waals surface area contributed by atoms with E-state index in [-0.39, 0.29) is 0 Å². The lowest BCUT2D eigenvalue weighted by Crippen LogP contribution is -1.91. The molecule has 0 amide bonds. The fourth-order valence-electron chi connectivity index (χ4n) is 2.85. The summed E-state index contributed by atoms with van der Waals surface area (Å²) in [6.07, 6.45) is 16.0. The molecule has 0 aliphatic rings. The van der Waals surface area contributed by atoms with E-state index in [0.29, 0.717) is 5.75 Å². The van der Waals surface area contributed by atoms with Gasteiger partial charge in [0.05, 0.1) is 0 Å². The first-order valence-electron chi connectivity index (χ1n) is 9.35. The standard InChI is InChI=1S/C19H33O3PS/c1-2-3-4-5-6-7-8-9-10-11-12-13-18-14-16-19(17-15-18)22-23(20,21)24/h14-17H,2-13H2,1H3,(H2,20,21,24). The van der Waals surface area contributed by atoms with Gasteiger partial charge >= 0.3 is 6.72 Å². The zero-order chi connectivity index (χ0) is 17.7. The largest absolute Gasteiger partial charge is 0.424 e. The number of hydrogen-bond donors (Lipinski definition) is 2. The van der Waals surface area contributed by atoms with Gasteiger partial charge in [0.15, 0.2) is 0 Å². The van der Waals surface area contributed by atoms with E-state index >= 15 is 0 Å². The summed E-state index contributed by atoms with van der Waals surface area (Å²) < 4.78 is 4.91. The number of benzene rings is 1. The molecular formula is C19H33O3PS. The van der Waals surface area contributed by atoms with E-state index in [1.54, 1.807) is 12.1 Å². The van der Waals surface area contributed by atoms with Gasteiger partial charge in [0.1, 0.15) is 5.75 Å². The topological polar surface area (TPSA) is 49.7 Å². The Morgan fingerprint density at radius 3 is 1.71 bits per heavy atom. The average Bonchev–Trinajstić information content (AvgIpc) is 2.53. The van der Waals surface area contributed by atoms with E-state index in [1.165, 1.54) is 76.2 Å². The van der Waals surface area contributed by atoms with Crippen LogP contribution in [0.2, 0.25) is 0 Å². The molecule has 1 rings (SSSR count). The maximum Gasteiger partial charge on any atom is 0.375 e. The van der Waals surface area contributed by atoms with Crippen LogP contribution in [0.3, 0.4) is 0 Å². The Morgan fingerprint density at radius 2 is 1.25 bits per heavy atom. The van der Waals surface area contributed by atoms with E-state index in [1.807, 2.05) is 12.1 Å². The Hall–Kier alpha value is -0.410. The first-order chi connectivity index (χ1) is 11.5. The van der Waals surface area contributed by atoms with Gasteiger partial charge in [0, 0.05) is 11.8 Å². The Kier molecular flexibility index (Phi) is 11.6. The van der Waals surface area contributed by atoms with Crippen molar-refractivity contribution in [1.29, 1.82) is 0 Å². The van der Waals surface area contributed by atoms with Crippen molar-refractivity contribution in [2.75, 3.05) is 0 Å². The summed E-state index contributed by atoms with van der Waals surface area (Å²) in [5, 5.41) is 0. The quantitative estimate of drug-likeness (QED) is 0.305. The molecule has 0 radical (unpaired) electrons. The molecule has 0 fully saturated rings. The van der Waals surface area contributed by atoms with Crippen molar-refractivity contribution >= 4 is 18.5 Å². The van der Waals surface area contributed by atoms with Crippen LogP contribution >= 0.6 is 6.72 Å². The molecular weight excluding hydrogens is 339 g/mol. The number of aryl methyl sites for hydroxylation is 1.